The standard InChI is InChI=1S/C18H29FN4.HI/c1-4-20-18(22-12-16-8-9-23(5-2)13-16)21-11-15-7-6-14(3)17(19)10-15;/h6-7,10,16H,4-5,8-9,11-13H2,1-3H3,(H2,20,21,22);1H. The van der Waals surface area contributed by atoms with Crippen LogP contribution in [0.15, 0.2) is 23.2 Å². The molecule has 1 unspecified atom stereocenters. The molecule has 2 rings (SSSR count). The van der Waals surface area contributed by atoms with Gasteiger partial charge in [0.15, 0.2) is 5.96 Å². The third-order valence-electron chi connectivity index (χ3n) is 4.38. The minimum Gasteiger partial charge on any atom is -0.357 e. The van der Waals surface area contributed by atoms with E-state index in [0.29, 0.717) is 18.0 Å². The van der Waals surface area contributed by atoms with Crippen molar-refractivity contribution in [3.63, 3.8) is 0 Å². The first-order valence-electron chi connectivity index (χ1n) is 8.62. The minimum atomic E-state index is -0.165. The van der Waals surface area contributed by atoms with Crippen LogP contribution in [0.1, 0.15) is 31.4 Å². The first kappa shape index (κ1) is 21.2. The van der Waals surface area contributed by atoms with Crippen molar-refractivity contribution >= 4 is 29.9 Å². The highest BCUT2D eigenvalue weighted by Gasteiger charge is 2.20. The van der Waals surface area contributed by atoms with Crippen molar-refractivity contribution in [2.45, 2.75) is 33.7 Å². The molecule has 136 valence electrons. The molecule has 4 nitrogen and oxygen atoms in total. The van der Waals surface area contributed by atoms with Gasteiger partial charge in [-0.25, -0.2) is 9.38 Å². The molecule has 1 fully saturated rings. The van der Waals surface area contributed by atoms with Crippen LogP contribution in [0.25, 0.3) is 0 Å². The molecule has 0 radical (unpaired) electrons. The van der Waals surface area contributed by atoms with E-state index in [1.54, 1.807) is 19.1 Å². The van der Waals surface area contributed by atoms with E-state index in [-0.39, 0.29) is 29.8 Å². The number of benzene rings is 1. The van der Waals surface area contributed by atoms with Crippen molar-refractivity contribution in [2.24, 2.45) is 10.9 Å². The molecule has 1 aliphatic heterocycles. The van der Waals surface area contributed by atoms with Crippen LogP contribution in [-0.2, 0) is 6.54 Å². The second-order valence-electron chi connectivity index (χ2n) is 6.21. The van der Waals surface area contributed by atoms with E-state index in [1.165, 1.54) is 13.0 Å². The van der Waals surface area contributed by atoms with E-state index < -0.39 is 0 Å². The number of nitrogens with zero attached hydrogens (tertiary/aromatic N) is 2. The molecule has 0 saturated carbocycles. The molecule has 0 bridgehead atoms. The first-order chi connectivity index (χ1) is 11.1. The number of rotatable bonds is 6. The summed E-state index contributed by atoms with van der Waals surface area (Å²) < 4.78 is 13.6. The molecule has 0 aromatic heterocycles. The zero-order chi connectivity index (χ0) is 16.7. The Labute approximate surface area is 162 Å². The van der Waals surface area contributed by atoms with Gasteiger partial charge in [0.1, 0.15) is 5.82 Å². The van der Waals surface area contributed by atoms with Gasteiger partial charge in [0, 0.05) is 19.6 Å². The van der Waals surface area contributed by atoms with Crippen LogP contribution >= 0.6 is 24.0 Å². The van der Waals surface area contributed by atoms with Crippen LogP contribution in [0.3, 0.4) is 0 Å². The first-order valence-corrected chi connectivity index (χ1v) is 8.62. The molecular weight excluding hydrogens is 418 g/mol. The average Bonchev–Trinajstić information content (AvgIpc) is 3.01. The second-order valence-corrected chi connectivity index (χ2v) is 6.21. The summed E-state index contributed by atoms with van der Waals surface area (Å²) in [6.45, 7) is 11.8. The Morgan fingerprint density at radius 2 is 2.12 bits per heavy atom. The number of aryl methyl sites for hydroxylation is 1. The molecule has 24 heavy (non-hydrogen) atoms. The minimum absolute atomic E-state index is 0. The van der Waals surface area contributed by atoms with E-state index in [2.05, 4.69) is 34.4 Å². The van der Waals surface area contributed by atoms with Crippen molar-refractivity contribution < 1.29 is 4.39 Å². The van der Waals surface area contributed by atoms with Crippen molar-refractivity contribution in [1.82, 2.24) is 15.5 Å². The molecule has 6 heteroatoms. The van der Waals surface area contributed by atoms with E-state index in [1.807, 2.05) is 6.07 Å². The highest BCUT2D eigenvalue weighted by molar-refractivity contribution is 14.0. The molecule has 0 amide bonds. The van der Waals surface area contributed by atoms with Gasteiger partial charge in [0.05, 0.1) is 6.54 Å². The maximum atomic E-state index is 13.6. The lowest BCUT2D eigenvalue weighted by Crippen LogP contribution is -2.40. The van der Waals surface area contributed by atoms with Gasteiger partial charge in [-0.3, -0.25) is 0 Å². The molecule has 2 N–H and O–H groups in total. The van der Waals surface area contributed by atoms with Crippen molar-refractivity contribution in [3.05, 3.63) is 35.1 Å². The number of likely N-dealkylation sites (tertiary alicyclic amines) is 1. The van der Waals surface area contributed by atoms with Gasteiger partial charge in [0.2, 0.25) is 0 Å². The summed E-state index contributed by atoms with van der Waals surface area (Å²) in [5, 5.41) is 6.68. The van der Waals surface area contributed by atoms with Crippen LogP contribution in [0, 0.1) is 18.7 Å². The monoisotopic (exact) mass is 448 g/mol. The van der Waals surface area contributed by atoms with Crippen LogP contribution in [0.4, 0.5) is 4.39 Å². The summed E-state index contributed by atoms with van der Waals surface area (Å²) in [7, 11) is 0. The fraction of sp³-hybridized carbons (Fsp3) is 0.611. The highest BCUT2D eigenvalue weighted by Crippen LogP contribution is 2.14. The SMILES string of the molecule is CCNC(=NCc1ccc(C)c(F)c1)NCC1CCN(CC)C1.I. The number of nitrogens with one attached hydrogen (secondary N) is 2. The molecule has 1 atom stereocenters. The fourth-order valence-electron chi connectivity index (χ4n) is 2.85. The maximum Gasteiger partial charge on any atom is 0.191 e. The second kappa shape index (κ2) is 10.9. The average molecular weight is 448 g/mol. The predicted molar refractivity (Wildman–Crippen MR) is 110 cm³/mol. The quantitative estimate of drug-likeness (QED) is 0.399. The number of halogens is 2. The number of hydrogen-bond donors (Lipinski definition) is 2. The van der Waals surface area contributed by atoms with Crippen LogP contribution < -0.4 is 10.6 Å². The predicted octanol–water partition coefficient (Wildman–Crippen LogP) is 3.15. The van der Waals surface area contributed by atoms with Crippen LogP contribution in [-0.4, -0.2) is 43.6 Å². The molecular formula is C18H30FIN4. The Morgan fingerprint density at radius 3 is 2.75 bits per heavy atom. The largest absolute Gasteiger partial charge is 0.357 e. The zero-order valence-corrected chi connectivity index (χ0v) is 17.3. The van der Waals surface area contributed by atoms with Gasteiger partial charge in [0.25, 0.3) is 0 Å². The molecule has 1 aromatic rings. The van der Waals surface area contributed by atoms with Gasteiger partial charge in [-0.2, -0.15) is 0 Å². The lowest BCUT2D eigenvalue weighted by atomic mass is 10.1. The Hall–Kier alpha value is -0.890. The van der Waals surface area contributed by atoms with Gasteiger partial charge < -0.3 is 15.5 Å². The van der Waals surface area contributed by atoms with E-state index in [9.17, 15) is 4.39 Å². The maximum absolute atomic E-state index is 13.6. The summed E-state index contributed by atoms with van der Waals surface area (Å²) in [5.74, 6) is 1.32. The lowest BCUT2D eigenvalue weighted by Gasteiger charge is -2.16. The molecule has 1 heterocycles. The van der Waals surface area contributed by atoms with Gasteiger partial charge in [-0.15, -0.1) is 24.0 Å². The van der Waals surface area contributed by atoms with Crippen molar-refractivity contribution in [3.8, 4) is 0 Å². The van der Waals surface area contributed by atoms with E-state index in [0.717, 1.165) is 37.7 Å². The summed E-state index contributed by atoms with van der Waals surface area (Å²) >= 11 is 0. The Bertz CT molecular complexity index is 536. The number of guanidine groups is 1. The van der Waals surface area contributed by atoms with Gasteiger partial charge in [-0.1, -0.05) is 19.1 Å². The Balaban J connectivity index is 0.00000288. The Morgan fingerprint density at radius 1 is 1.33 bits per heavy atom. The van der Waals surface area contributed by atoms with Gasteiger partial charge in [-0.05, 0) is 56.5 Å². The summed E-state index contributed by atoms with van der Waals surface area (Å²) in [5.41, 5.74) is 1.56. The van der Waals surface area contributed by atoms with E-state index >= 15 is 0 Å². The van der Waals surface area contributed by atoms with Crippen LogP contribution in [0.5, 0.6) is 0 Å². The summed E-state index contributed by atoms with van der Waals surface area (Å²) in [4.78, 5) is 7.05. The van der Waals surface area contributed by atoms with Gasteiger partial charge >= 0.3 is 0 Å². The third-order valence-corrected chi connectivity index (χ3v) is 4.38. The normalized spacial score (nSPS) is 18.3. The lowest BCUT2D eigenvalue weighted by molar-refractivity contribution is 0.342. The topological polar surface area (TPSA) is 39.7 Å². The summed E-state index contributed by atoms with van der Waals surface area (Å²) in [6, 6.07) is 5.30. The van der Waals surface area contributed by atoms with Crippen LogP contribution in [0.2, 0.25) is 0 Å². The molecule has 0 spiro atoms. The summed E-state index contributed by atoms with van der Waals surface area (Å²) in [6.07, 6.45) is 1.24. The fourth-order valence-corrected chi connectivity index (χ4v) is 2.85. The van der Waals surface area contributed by atoms with Crippen molar-refractivity contribution in [2.75, 3.05) is 32.7 Å². The van der Waals surface area contributed by atoms with Crippen molar-refractivity contribution in [1.29, 1.82) is 0 Å². The highest BCUT2D eigenvalue weighted by atomic mass is 127. The number of hydrogen-bond acceptors (Lipinski definition) is 2. The molecule has 1 aliphatic rings. The van der Waals surface area contributed by atoms with E-state index in [4.69, 9.17) is 0 Å². The molecule has 1 saturated heterocycles. The molecule has 1 aromatic carbocycles. The Kier molecular flexibility index (Phi) is 9.58. The third kappa shape index (κ3) is 6.55. The zero-order valence-electron chi connectivity index (χ0n) is 14.9. The number of aliphatic imine (C=N–C) groups is 1. The smallest absolute Gasteiger partial charge is 0.191 e. The molecule has 0 aliphatic carbocycles.